The van der Waals surface area contributed by atoms with Crippen LogP contribution in [0.5, 0.6) is 0 Å². The van der Waals surface area contributed by atoms with Crippen LogP contribution < -0.4 is 5.32 Å². The SMILES string of the molecule is CC1CCN(C(=O)c2csc(S(=O)(=O)N3CCC(C(=O)Nc4cccc(F)c4)CC3)c2)CC1. The van der Waals surface area contributed by atoms with Crippen molar-refractivity contribution in [2.75, 3.05) is 31.5 Å². The number of hydrogen-bond acceptors (Lipinski definition) is 5. The molecule has 3 heterocycles. The van der Waals surface area contributed by atoms with Crippen LogP contribution in [0.1, 0.15) is 43.0 Å². The minimum atomic E-state index is -3.73. The van der Waals surface area contributed by atoms with Gasteiger partial charge in [-0.2, -0.15) is 4.31 Å². The molecule has 2 aliphatic heterocycles. The Hall–Kier alpha value is -2.30. The highest BCUT2D eigenvalue weighted by Gasteiger charge is 2.34. The fraction of sp³-hybridized carbons (Fsp3) is 0.478. The van der Waals surface area contributed by atoms with Gasteiger partial charge in [-0.05, 0) is 55.9 Å². The molecule has 33 heavy (non-hydrogen) atoms. The molecule has 0 atom stereocenters. The first-order valence-corrected chi connectivity index (χ1v) is 13.5. The highest BCUT2D eigenvalue weighted by molar-refractivity contribution is 7.91. The molecule has 0 spiro atoms. The van der Waals surface area contributed by atoms with E-state index in [1.807, 2.05) is 0 Å². The maximum Gasteiger partial charge on any atom is 0.254 e. The van der Waals surface area contributed by atoms with Crippen molar-refractivity contribution < 1.29 is 22.4 Å². The molecule has 2 amide bonds. The van der Waals surface area contributed by atoms with E-state index in [-0.39, 0.29) is 35.0 Å². The van der Waals surface area contributed by atoms with Crippen LogP contribution in [0, 0.1) is 17.7 Å². The van der Waals surface area contributed by atoms with Gasteiger partial charge in [0.1, 0.15) is 10.0 Å². The Morgan fingerprint density at radius 3 is 2.42 bits per heavy atom. The largest absolute Gasteiger partial charge is 0.339 e. The first-order valence-electron chi connectivity index (χ1n) is 11.2. The summed E-state index contributed by atoms with van der Waals surface area (Å²) in [5.41, 5.74) is 0.798. The molecular weight excluding hydrogens is 465 g/mol. The average molecular weight is 494 g/mol. The molecule has 1 N–H and O–H groups in total. The lowest BCUT2D eigenvalue weighted by molar-refractivity contribution is -0.120. The van der Waals surface area contributed by atoms with Gasteiger partial charge in [0.2, 0.25) is 5.91 Å². The van der Waals surface area contributed by atoms with Gasteiger partial charge in [-0.15, -0.1) is 11.3 Å². The molecule has 2 saturated heterocycles. The van der Waals surface area contributed by atoms with Crippen LogP contribution in [0.25, 0.3) is 0 Å². The van der Waals surface area contributed by atoms with Gasteiger partial charge < -0.3 is 10.2 Å². The number of carbonyl (C=O) groups excluding carboxylic acids is 2. The van der Waals surface area contributed by atoms with E-state index in [9.17, 15) is 22.4 Å². The molecule has 0 unspecified atom stereocenters. The third kappa shape index (κ3) is 5.44. The number of benzene rings is 1. The molecule has 0 aliphatic carbocycles. The van der Waals surface area contributed by atoms with Crippen molar-refractivity contribution in [2.45, 2.75) is 36.8 Å². The summed E-state index contributed by atoms with van der Waals surface area (Å²) in [6.07, 6.45) is 2.68. The van der Waals surface area contributed by atoms with Crippen molar-refractivity contribution in [1.82, 2.24) is 9.21 Å². The van der Waals surface area contributed by atoms with Gasteiger partial charge in [-0.1, -0.05) is 13.0 Å². The summed E-state index contributed by atoms with van der Waals surface area (Å²) < 4.78 is 41.1. The van der Waals surface area contributed by atoms with Crippen molar-refractivity contribution in [3.63, 3.8) is 0 Å². The number of sulfonamides is 1. The molecule has 0 radical (unpaired) electrons. The molecule has 4 rings (SSSR count). The normalized spacial score (nSPS) is 18.9. The zero-order valence-electron chi connectivity index (χ0n) is 18.5. The van der Waals surface area contributed by atoms with Gasteiger partial charge in [-0.25, -0.2) is 12.8 Å². The Bertz CT molecular complexity index is 1120. The van der Waals surface area contributed by atoms with Crippen molar-refractivity contribution in [3.8, 4) is 0 Å². The smallest absolute Gasteiger partial charge is 0.254 e. The van der Waals surface area contributed by atoms with Crippen LogP contribution in [-0.2, 0) is 14.8 Å². The number of likely N-dealkylation sites (tertiary alicyclic amines) is 1. The lowest BCUT2D eigenvalue weighted by Crippen LogP contribution is -2.41. The van der Waals surface area contributed by atoms with Gasteiger partial charge in [0.25, 0.3) is 15.9 Å². The lowest BCUT2D eigenvalue weighted by Gasteiger charge is -2.30. The van der Waals surface area contributed by atoms with Crippen molar-refractivity contribution in [1.29, 1.82) is 0 Å². The number of halogens is 1. The highest BCUT2D eigenvalue weighted by Crippen LogP contribution is 2.29. The fourth-order valence-electron chi connectivity index (χ4n) is 4.25. The second kappa shape index (κ2) is 9.90. The number of anilines is 1. The van der Waals surface area contributed by atoms with E-state index in [2.05, 4.69) is 12.2 Å². The van der Waals surface area contributed by atoms with Crippen LogP contribution in [0.15, 0.2) is 39.9 Å². The fourth-order valence-corrected chi connectivity index (χ4v) is 7.03. The van der Waals surface area contributed by atoms with Crippen LogP contribution >= 0.6 is 11.3 Å². The Morgan fingerprint density at radius 1 is 1.06 bits per heavy atom. The third-order valence-corrected chi connectivity index (χ3v) is 9.72. The van der Waals surface area contributed by atoms with Crippen molar-refractivity contribution >= 4 is 38.9 Å². The maximum atomic E-state index is 13.3. The number of carbonyl (C=O) groups is 2. The third-order valence-electron chi connectivity index (χ3n) is 6.40. The molecule has 2 fully saturated rings. The lowest BCUT2D eigenvalue weighted by atomic mass is 9.97. The molecule has 1 aromatic carbocycles. The molecule has 0 saturated carbocycles. The number of nitrogens with zero attached hydrogens (tertiary/aromatic N) is 2. The predicted molar refractivity (Wildman–Crippen MR) is 125 cm³/mol. The topological polar surface area (TPSA) is 86.8 Å². The van der Waals surface area contributed by atoms with E-state index in [0.717, 1.165) is 24.2 Å². The Kier molecular flexibility index (Phi) is 7.16. The number of amides is 2. The van der Waals surface area contributed by atoms with Gasteiger partial charge >= 0.3 is 0 Å². The highest BCUT2D eigenvalue weighted by atomic mass is 32.2. The number of rotatable bonds is 5. The summed E-state index contributed by atoms with van der Waals surface area (Å²) in [5, 5.41) is 4.32. The zero-order valence-corrected chi connectivity index (χ0v) is 20.1. The van der Waals surface area contributed by atoms with Crippen molar-refractivity contribution in [2.24, 2.45) is 11.8 Å². The van der Waals surface area contributed by atoms with E-state index >= 15 is 0 Å². The minimum absolute atomic E-state index is 0.118. The molecule has 7 nitrogen and oxygen atoms in total. The van der Waals surface area contributed by atoms with Gasteiger partial charge in [0, 0.05) is 43.2 Å². The van der Waals surface area contributed by atoms with E-state index in [4.69, 9.17) is 0 Å². The maximum absolute atomic E-state index is 13.3. The minimum Gasteiger partial charge on any atom is -0.339 e. The van der Waals surface area contributed by atoms with Crippen LogP contribution in [0.4, 0.5) is 10.1 Å². The van der Waals surface area contributed by atoms with E-state index < -0.39 is 15.8 Å². The number of nitrogens with one attached hydrogen (secondary N) is 1. The van der Waals surface area contributed by atoms with Crippen LogP contribution in [0.3, 0.4) is 0 Å². The summed E-state index contributed by atoms with van der Waals surface area (Å²) in [5.74, 6) is -0.532. The van der Waals surface area contributed by atoms with Gasteiger partial charge in [0.05, 0.1) is 5.56 Å². The predicted octanol–water partition coefficient (Wildman–Crippen LogP) is 3.80. The van der Waals surface area contributed by atoms with Crippen LogP contribution in [-0.4, -0.2) is 55.6 Å². The zero-order chi connectivity index (χ0) is 23.6. The van der Waals surface area contributed by atoms with Crippen LogP contribution in [0.2, 0.25) is 0 Å². The first-order chi connectivity index (χ1) is 15.7. The molecule has 2 aliphatic rings. The van der Waals surface area contributed by atoms with Gasteiger partial charge in [-0.3, -0.25) is 9.59 Å². The first kappa shape index (κ1) is 23.8. The Morgan fingerprint density at radius 2 is 1.76 bits per heavy atom. The molecular formula is C23H28FN3O4S2. The number of thiophene rings is 1. The summed E-state index contributed by atoms with van der Waals surface area (Å²) in [6, 6.07) is 7.16. The Labute approximate surface area is 197 Å². The van der Waals surface area contributed by atoms with E-state index in [0.29, 0.717) is 43.1 Å². The second-order valence-electron chi connectivity index (χ2n) is 8.81. The summed E-state index contributed by atoms with van der Waals surface area (Å²) in [6.45, 7) is 4.00. The summed E-state index contributed by atoms with van der Waals surface area (Å²) in [7, 11) is -3.73. The molecule has 0 bridgehead atoms. The summed E-state index contributed by atoms with van der Waals surface area (Å²) >= 11 is 1.06. The van der Waals surface area contributed by atoms with E-state index in [1.165, 1.54) is 28.6 Å². The average Bonchev–Trinajstić information content (AvgIpc) is 3.30. The molecule has 1 aromatic heterocycles. The molecule has 10 heteroatoms. The van der Waals surface area contributed by atoms with Gasteiger partial charge in [0.15, 0.2) is 0 Å². The quantitative estimate of drug-likeness (QED) is 0.687. The monoisotopic (exact) mass is 493 g/mol. The summed E-state index contributed by atoms with van der Waals surface area (Å²) in [4.78, 5) is 27.1. The van der Waals surface area contributed by atoms with Crippen molar-refractivity contribution in [3.05, 3.63) is 47.1 Å². The molecule has 2 aromatic rings. The number of hydrogen-bond donors (Lipinski definition) is 1. The molecule has 178 valence electrons. The number of piperidine rings is 2. The second-order valence-corrected chi connectivity index (χ2v) is 11.9. The Balaban J connectivity index is 1.35. The standard InChI is InChI=1S/C23H28FN3O4S2/c1-16-5-9-26(10-6-16)23(29)18-13-21(32-15-18)33(30,31)27-11-7-17(8-12-27)22(28)25-20-4-2-3-19(24)14-20/h2-4,13-17H,5-12H2,1H3,(H,25,28). The van der Waals surface area contributed by atoms with E-state index in [1.54, 1.807) is 16.3 Å².